The highest BCUT2D eigenvalue weighted by atomic mass is 16.3. The fourth-order valence-corrected chi connectivity index (χ4v) is 3.56. The summed E-state index contributed by atoms with van der Waals surface area (Å²) in [6.07, 6.45) is 4.86. The predicted octanol–water partition coefficient (Wildman–Crippen LogP) is 3.84. The van der Waals surface area contributed by atoms with Crippen LogP contribution in [0.15, 0.2) is 16.7 Å². The number of aryl methyl sites for hydroxylation is 1. The summed E-state index contributed by atoms with van der Waals surface area (Å²) >= 11 is 0. The molecule has 0 saturated heterocycles. The fourth-order valence-electron chi connectivity index (χ4n) is 3.56. The van der Waals surface area contributed by atoms with Crippen LogP contribution in [0.2, 0.25) is 0 Å². The molecule has 1 aromatic heterocycles. The van der Waals surface area contributed by atoms with E-state index in [-0.39, 0.29) is 6.10 Å². The first-order chi connectivity index (χ1) is 9.77. The van der Waals surface area contributed by atoms with Gasteiger partial charge in [0.2, 0.25) is 0 Å². The van der Waals surface area contributed by atoms with Crippen LogP contribution in [0, 0.1) is 24.2 Å². The van der Waals surface area contributed by atoms with Crippen LogP contribution >= 0.6 is 0 Å². The number of hydrogen-bond acceptors (Lipinski definition) is 3. The van der Waals surface area contributed by atoms with Crippen molar-refractivity contribution in [1.82, 2.24) is 4.90 Å². The second-order valence-electron chi connectivity index (χ2n) is 7.90. The molecule has 21 heavy (non-hydrogen) atoms. The maximum Gasteiger partial charge on any atom is 0.105 e. The molecule has 0 bridgehead atoms. The van der Waals surface area contributed by atoms with Gasteiger partial charge in [-0.15, -0.1) is 0 Å². The van der Waals surface area contributed by atoms with Gasteiger partial charge in [-0.25, -0.2) is 0 Å². The Morgan fingerprint density at radius 2 is 2.05 bits per heavy atom. The maximum atomic E-state index is 10.3. The van der Waals surface area contributed by atoms with Crippen LogP contribution in [0.1, 0.15) is 51.4 Å². The summed E-state index contributed by atoms with van der Waals surface area (Å²) in [4.78, 5) is 2.32. The van der Waals surface area contributed by atoms with Crippen molar-refractivity contribution in [3.63, 3.8) is 0 Å². The van der Waals surface area contributed by atoms with Gasteiger partial charge >= 0.3 is 0 Å². The van der Waals surface area contributed by atoms with Gasteiger partial charge in [0.1, 0.15) is 5.76 Å². The highest BCUT2D eigenvalue weighted by Crippen LogP contribution is 2.40. The molecule has 1 saturated carbocycles. The monoisotopic (exact) mass is 293 g/mol. The molecule has 1 aliphatic rings. The average Bonchev–Trinajstić information content (AvgIpc) is 2.76. The van der Waals surface area contributed by atoms with Crippen molar-refractivity contribution in [2.45, 2.75) is 59.6 Å². The first-order valence-electron chi connectivity index (χ1n) is 8.17. The molecule has 0 spiro atoms. The van der Waals surface area contributed by atoms with Gasteiger partial charge < -0.3 is 14.4 Å². The van der Waals surface area contributed by atoms with Gasteiger partial charge in [-0.2, -0.15) is 0 Å². The minimum Gasteiger partial charge on any atom is -0.469 e. The number of aliphatic hydroxyl groups is 1. The minimum atomic E-state index is -0.142. The zero-order valence-corrected chi connectivity index (χ0v) is 14.2. The summed E-state index contributed by atoms with van der Waals surface area (Å²) in [6, 6.07) is 2.04. The third-order valence-corrected chi connectivity index (χ3v) is 5.12. The Balaban J connectivity index is 1.92. The molecule has 120 valence electrons. The third-order valence-electron chi connectivity index (χ3n) is 5.12. The van der Waals surface area contributed by atoms with Crippen molar-refractivity contribution >= 4 is 0 Å². The van der Waals surface area contributed by atoms with Crippen molar-refractivity contribution in [2.75, 3.05) is 13.6 Å². The smallest absolute Gasteiger partial charge is 0.105 e. The summed E-state index contributed by atoms with van der Waals surface area (Å²) in [5.41, 5.74) is 1.59. The van der Waals surface area contributed by atoms with E-state index in [1.807, 2.05) is 13.0 Å². The van der Waals surface area contributed by atoms with E-state index in [0.29, 0.717) is 11.3 Å². The lowest BCUT2D eigenvalue weighted by atomic mass is 9.68. The Hall–Kier alpha value is -0.800. The highest BCUT2D eigenvalue weighted by molar-refractivity contribution is 5.15. The summed E-state index contributed by atoms with van der Waals surface area (Å²) in [7, 11) is 2.14. The minimum absolute atomic E-state index is 0.142. The number of hydrogen-bond donors (Lipinski definition) is 1. The van der Waals surface area contributed by atoms with E-state index in [1.165, 1.54) is 5.56 Å². The summed E-state index contributed by atoms with van der Waals surface area (Å²) in [5.74, 6) is 2.11. The molecule has 2 rings (SSSR count). The van der Waals surface area contributed by atoms with Crippen molar-refractivity contribution in [2.24, 2.45) is 17.3 Å². The molecule has 3 heteroatoms. The standard InChI is InChI=1S/C18H31NO2/c1-13-14(8-9-21-13)11-19(5)12-15-10-16(18(2,3)4)6-7-17(15)20/h8-9,15-17,20H,6-7,10-12H2,1-5H3. The van der Waals surface area contributed by atoms with Crippen LogP contribution < -0.4 is 0 Å². The lowest BCUT2D eigenvalue weighted by molar-refractivity contribution is 0.00556. The van der Waals surface area contributed by atoms with Crippen LogP contribution in [0.25, 0.3) is 0 Å². The van der Waals surface area contributed by atoms with Gasteiger partial charge in [-0.3, -0.25) is 0 Å². The Kier molecular flexibility index (Phi) is 5.15. The van der Waals surface area contributed by atoms with Crippen LogP contribution in [-0.4, -0.2) is 29.7 Å². The number of nitrogens with zero attached hydrogens (tertiary/aromatic N) is 1. The average molecular weight is 293 g/mol. The van der Waals surface area contributed by atoms with Crippen LogP contribution in [-0.2, 0) is 6.54 Å². The zero-order chi connectivity index (χ0) is 15.6. The van der Waals surface area contributed by atoms with Crippen molar-refractivity contribution in [3.05, 3.63) is 23.7 Å². The van der Waals surface area contributed by atoms with Crippen LogP contribution in [0.5, 0.6) is 0 Å². The molecule has 0 aliphatic heterocycles. The van der Waals surface area contributed by atoms with E-state index in [2.05, 4.69) is 32.7 Å². The number of rotatable bonds is 4. The molecule has 1 aliphatic carbocycles. The quantitative estimate of drug-likeness (QED) is 0.916. The largest absolute Gasteiger partial charge is 0.469 e. The van der Waals surface area contributed by atoms with Gasteiger partial charge in [0.05, 0.1) is 12.4 Å². The molecule has 0 radical (unpaired) electrons. The first-order valence-corrected chi connectivity index (χ1v) is 8.17. The van der Waals surface area contributed by atoms with Gasteiger partial charge in [0, 0.05) is 18.7 Å². The summed E-state index contributed by atoms with van der Waals surface area (Å²) in [5, 5.41) is 10.3. The van der Waals surface area contributed by atoms with Crippen molar-refractivity contribution < 1.29 is 9.52 Å². The fraction of sp³-hybridized carbons (Fsp3) is 0.778. The lowest BCUT2D eigenvalue weighted by Gasteiger charge is -2.41. The van der Waals surface area contributed by atoms with Crippen molar-refractivity contribution in [1.29, 1.82) is 0 Å². The molecule has 0 amide bonds. The molecule has 1 N–H and O–H groups in total. The van der Waals surface area contributed by atoms with E-state index < -0.39 is 0 Å². The third kappa shape index (κ3) is 4.33. The van der Waals surface area contributed by atoms with E-state index in [0.717, 1.165) is 44.0 Å². The maximum absolute atomic E-state index is 10.3. The van der Waals surface area contributed by atoms with Gasteiger partial charge in [-0.1, -0.05) is 20.8 Å². The summed E-state index contributed by atoms with van der Waals surface area (Å²) < 4.78 is 5.36. The lowest BCUT2D eigenvalue weighted by Crippen LogP contribution is -2.40. The molecule has 0 aromatic carbocycles. The van der Waals surface area contributed by atoms with Crippen molar-refractivity contribution in [3.8, 4) is 0 Å². The molecule has 3 unspecified atom stereocenters. The van der Waals surface area contributed by atoms with Crippen LogP contribution in [0.3, 0.4) is 0 Å². The van der Waals surface area contributed by atoms with E-state index >= 15 is 0 Å². The second-order valence-corrected chi connectivity index (χ2v) is 7.90. The first kappa shape index (κ1) is 16.6. The molecule has 3 atom stereocenters. The number of aliphatic hydroxyl groups excluding tert-OH is 1. The SMILES string of the molecule is Cc1occc1CN(C)CC1CC(C(C)(C)C)CCC1O. The van der Waals surface area contributed by atoms with E-state index in [9.17, 15) is 5.11 Å². The summed E-state index contributed by atoms with van der Waals surface area (Å²) in [6.45, 7) is 10.8. The molecule has 1 aromatic rings. The van der Waals surface area contributed by atoms with Gasteiger partial charge in [0.15, 0.2) is 0 Å². The van der Waals surface area contributed by atoms with E-state index in [1.54, 1.807) is 6.26 Å². The Labute approximate surface area is 129 Å². The van der Waals surface area contributed by atoms with Crippen LogP contribution in [0.4, 0.5) is 0 Å². The Morgan fingerprint density at radius 3 is 2.62 bits per heavy atom. The second kappa shape index (κ2) is 6.53. The molecular weight excluding hydrogens is 262 g/mol. The Bertz CT molecular complexity index is 446. The predicted molar refractivity (Wildman–Crippen MR) is 86.1 cm³/mol. The highest BCUT2D eigenvalue weighted by Gasteiger charge is 2.35. The normalized spacial score (nSPS) is 27.3. The topological polar surface area (TPSA) is 36.6 Å². The Morgan fingerprint density at radius 1 is 1.33 bits per heavy atom. The van der Waals surface area contributed by atoms with E-state index in [4.69, 9.17) is 4.42 Å². The van der Waals surface area contributed by atoms with Gasteiger partial charge in [-0.05, 0) is 56.6 Å². The molecular formula is C18H31NO2. The van der Waals surface area contributed by atoms with Gasteiger partial charge in [0.25, 0.3) is 0 Å². The number of furan rings is 1. The molecule has 1 fully saturated rings. The molecule has 3 nitrogen and oxygen atoms in total. The molecule has 1 heterocycles. The zero-order valence-electron chi connectivity index (χ0n) is 14.2.